The van der Waals surface area contributed by atoms with Crippen molar-refractivity contribution < 1.29 is 9.18 Å². The normalized spacial score (nSPS) is 15.1. The predicted molar refractivity (Wildman–Crippen MR) is 127 cm³/mol. The fourth-order valence-corrected chi connectivity index (χ4v) is 4.31. The van der Waals surface area contributed by atoms with Crippen LogP contribution in [-0.4, -0.2) is 38.7 Å². The number of benzene rings is 2. The van der Waals surface area contributed by atoms with Crippen LogP contribution in [0.25, 0.3) is 11.4 Å². The number of hydrogen-bond acceptors (Lipinski definition) is 4. The third-order valence-corrected chi connectivity index (χ3v) is 6.69. The van der Waals surface area contributed by atoms with Gasteiger partial charge >= 0.3 is 0 Å². The Morgan fingerprint density at radius 3 is 2.58 bits per heavy atom. The van der Waals surface area contributed by atoms with E-state index in [4.69, 9.17) is 23.2 Å². The molecule has 0 bridgehead atoms. The van der Waals surface area contributed by atoms with Gasteiger partial charge < -0.3 is 5.32 Å². The van der Waals surface area contributed by atoms with Gasteiger partial charge in [0.05, 0.1) is 16.7 Å². The maximum absolute atomic E-state index is 13.7. The van der Waals surface area contributed by atoms with Crippen LogP contribution < -0.4 is 5.32 Å². The molecule has 0 spiro atoms. The molecule has 3 aromatic rings. The van der Waals surface area contributed by atoms with Crippen LogP contribution >= 0.6 is 23.2 Å². The topological polar surface area (TPSA) is 63.1 Å². The molecule has 9 heteroatoms. The van der Waals surface area contributed by atoms with Crippen molar-refractivity contribution in [3.8, 4) is 11.4 Å². The Hall–Kier alpha value is -2.48. The van der Waals surface area contributed by atoms with Crippen LogP contribution in [0.2, 0.25) is 10.0 Å². The van der Waals surface area contributed by atoms with E-state index in [1.807, 2.05) is 23.7 Å². The molecular weight excluding hydrogens is 464 g/mol. The van der Waals surface area contributed by atoms with Gasteiger partial charge in [-0.15, -0.1) is 0 Å². The van der Waals surface area contributed by atoms with E-state index in [0.29, 0.717) is 34.6 Å². The first kappa shape index (κ1) is 23.7. The molecule has 174 valence electrons. The lowest BCUT2D eigenvalue weighted by Crippen LogP contribution is -2.41. The van der Waals surface area contributed by atoms with Crippen molar-refractivity contribution in [1.29, 1.82) is 0 Å². The SMILES string of the molecule is Cc1nc(-c2ccc(Cl)c(Cl)c2)n(CN2CCC(C(=O)NCc3ccc(C)c(F)c3)CC2)n1. The Kier molecular flexibility index (Phi) is 7.32. The molecule has 1 aliphatic rings. The Balaban J connectivity index is 1.33. The Morgan fingerprint density at radius 1 is 1.12 bits per heavy atom. The smallest absolute Gasteiger partial charge is 0.223 e. The highest BCUT2D eigenvalue weighted by molar-refractivity contribution is 6.42. The largest absolute Gasteiger partial charge is 0.352 e. The summed E-state index contributed by atoms with van der Waals surface area (Å²) in [5, 5.41) is 8.46. The number of halogens is 3. The highest BCUT2D eigenvalue weighted by Crippen LogP contribution is 2.28. The summed E-state index contributed by atoms with van der Waals surface area (Å²) >= 11 is 12.2. The minimum atomic E-state index is -0.251. The number of carbonyl (C=O) groups is 1. The number of carbonyl (C=O) groups excluding carboxylic acids is 1. The van der Waals surface area contributed by atoms with Crippen LogP contribution in [0.15, 0.2) is 36.4 Å². The molecule has 1 saturated heterocycles. The van der Waals surface area contributed by atoms with Gasteiger partial charge in [0.1, 0.15) is 11.6 Å². The second-order valence-electron chi connectivity index (χ2n) is 8.45. The monoisotopic (exact) mass is 489 g/mol. The summed E-state index contributed by atoms with van der Waals surface area (Å²) < 4.78 is 15.6. The van der Waals surface area contributed by atoms with Gasteiger partial charge in [-0.2, -0.15) is 5.10 Å². The van der Waals surface area contributed by atoms with Gasteiger partial charge in [0.25, 0.3) is 0 Å². The van der Waals surface area contributed by atoms with E-state index >= 15 is 0 Å². The quantitative estimate of drug-likeness (QED) is 0.529. The van der Waals surface area contributed by atoms with E-state index < -0.39 is 0 Å². The summed E-state index contributed by atoms with van der Waals surface area (Å²) in [6.07, 6.45) is 1.51. The van der Waals surface area contributed by atoms with Crippen LogP contribution in [0.3, 0.4) is 0 Å². The van der Waals surface area contributed by atoms with Crippen LogP contribution in [-0.2, 0) is 18.0 Å². The van der Waals surface area contributed by atoms with Gasteiger partial charge in [0, 0.05) is 31.1 Å². The highest BCUT2D eigenvalue weighted by Gasteiger charge is 2.26. The van der Waals surface area contributed by atoms with Crippen molar-refractivity contribution in [2.45, 2.75) is 39.9 Å². The minimum absolute atomic E-state index is 0.0173. The van der Waals surface area contributed by atoms with Crippen molar-refractivity contribution in [2.75, 3.05) is 13.1 Å². The summed E-state index contributed by atoms with van der Waals surface area (Å²) in [6, 6.07) is 10.5. The number of hydrogen-bond donors (Lipinski definition) is 1. The van der Waals surface area contributed by atoms with Gasteiger partial charge in [-0.3, -0.25) is 9.69 Å². The second kappa shape index (κ2) is 10.2. The van der Waals surface area contributed by atoms with Crippen molar-refractivity contribution in [2.24, 2.45) is 5.92 Å². The molecule has 0 saturated carbocycles. The number of nitrogens with zero attached hydrogens (tertiary/aromatic N) is 4. The molecule has 4 rings (SSSR count). The molecular formula is C24H26Cl2FN5O. The van der Waals surface area contributed by atoms with Gasteiger partial charge in [-0.1, -0.05) is 35.3 Å². The second-order valence-corrected chi connectivity index (χ2v) is 9.26. The lowest BCUT2D eigenvalue weighted by atomic mass is 9.96. The fourth-order valence-electron chi connectivity index (χ4n) is 4.01. The van der Waals surface area contributed by atoms with Crippen molar-refractivity contribution in [1.82, 2.24) is 25.0 Å². The molecule has 33 heavy (non-hydrogen) atoms. The van der Waals surface area contributed by atoms with Gasteiger partial charge in [0.2, 0.25) is 5.91 Å². The molecule has 0 atom stereocenters. The first-order valence-corrected chi connectivity index (χ1v) is 11.7. The molecule has 1 amide bonds. The molecule has 1 aromatic heterocycles. The summed E-state index contributed by atoms with van der Waals surface area (Å²) in [6.45, 7) is 6.04. The maximum atomic E-state index is 13.7. The van der Waals surface area contributed by atoms with Gasteiger partial charge in [-0.05, 0) is 62.1 Å². The fraction of sp³-hybridized carbons (Fsp3) is 0.375. The predicted octanol–water partition coefficient (Wildman–Crippen LogP) is 4.99. The summed E-state index contributed by atoms with van der Waals surface area (Å²) in [4.78, 5) is 19.4. The van der Waals surface area contributed by atoms with Crippen molar-refractivity contribution >= 4 is 29.1 Å². The molecule has 2 heterocycles. The van der Waals surface area contributed by atoms with Gasteiger partial charge in [-0.25, -0.2) is 14.1 Å². The molecule has 2 aromatic carbocycles. The van der Waals surface area contributed by atoms with E-state index in [-0.39, 0.29) is 17.6 Å². The van der Waals surface area contributed by atoms with E-state index in [9.17, 15) is 9.18 Å². The number of nitrogens with one attached hydrogen (secondary N) is 1. The summed E-state index contributed by atoms with van der Waals surface area (Å²) in [5.41, 5.74) is 2.22. The van der Waals surface area contributed by atoms with E-state index in [1.54, 1.807) is 25.1 Å². The Bertz CT molecular complexity index is 1160. The van der Waals surface area contributed by atoms with Crippen molar-refractivity contribution in [3.63, 3.8) is 0 Å². The lowest BCUT2D eigenvalue weighted by molar-refractivity contribution is -0.126. The average Bonchev–Trinajstić information content (AvgIpc) is 3.16. The van der Waals surface area contributed by atoms with Gasteiger partial charge in [0.15, 0.2) is 5.82 Å². The summed E-state index contributed by atoms with van der Waals surface area (Å²) in [5.74, 6) is 1.13. The van der Waals surface area contributed by atoms with Crippen LogP contribution in [0.1, 0.15) is 29.8 Å². The molecule has 1 fully saturated rings. The lowest BCUT2D eigenvalue weighted by Gasteiger charge is -2.31. The summed E-state index contributed by atoms with van der Waals surface area (Å²) in [7, 11) is 0. The first-order chi connectivity index (χ1) is 15.8. The Labute approximate surface area is 202 Å². The van der Waals surface area contributed by atoms with Crippen LogP contribution in [0.4, 0.5) is 4.39 Å². The number of aryl methyl sites for hydroxylation is 2. The molecule has 0 unspecified atom stereocenters. The Morgan fingerprint density at radius 2 is 1.88 bits per heavy atom. The molecule has 0 radical (unpaired) electrons. The first-order valence-electron chi connectivity index (χ1n) is 10.9. The van der Waals surface area contributed by atoms with E-state index in [2.05, 4.69) is 20.3 Å². The van der Waals surface area contributed by atoms with E-state index in [0.717, 1.165) is 42.9 Å². The molecule has 1 aliphatic heterocycles. The molecule has 1 N–H and O–H groups in total. The zero-order valence-corrected chi connectivity index (χ0v) is 20.1. The third-order valence-electron chi connectivity index (χ3n) is 5.95. The minimum Gasteiger partial charge on any atom is -0.352 e. The zero-order valence-electron chi connectivity index (χ0n) is 18.6. The number of likely N-dealkylation sites (tertiary alicyclic amines) is 1. The third kappa shape index (κ3) is 5.72. The van der Waals surface area contributed by atoms with Crippen LogP contribution in [0.5, 0.6) is 0 Å². The standard InChI is InChI=1S/C24H26Cl2FN5O/c1-15-3-4-17(11-22(15)27)13-28-24(33)18-7-9-31(10-8-18)14-32-23(29-16(2)30-32)19-5-6-20(25)21(26)12-19/h3-6,11-12,18H,7-10,13-14H2,1-2H3,(H,28,33). The van der Waals surface area contributed by atoms with E-state index in [1.165, 1.54) is 6.07 Å². The molecule has 6 nitrogen and oxygen atoms in total. The number of rotatable bonds is 6. The maximum Gasteiger partial charge on any atom is 0.223 e. The average molecular weight is 490 g/mol. The zero-order chi connectivity index (χ0) is 23.5. The van der Waals surface area contributed by atoms with Crippen LogP contribution in [0, 0.1) is 25.6 Å². The highest BCUT2D eigenvalue weighted by atomic mass is 35.5. The van der Waals surface area contributed by atoms with Crippen molar-refractivity contribution in [3.05, 3.63) is 69.2 Å². The number of amides is 1. The molecule has 0 aliphatic carbocycles. The number of aromatic nitrogens is 3. The number of piperidine rings is 1.